The average Bonchev–Trinajstić information content (AvgIpc) is 2.29. The molecule has 0 aromatic heterocycles. The minimum Gasteiger partial charge on any atom is -0.490 e. The molecular weight excluding hydrogens is 210 g/mol. The number of benzene rings is 1. The van der Waals surface area contributed by atoms with E-state index in [4.69, 9.17) is 22.1 Å². The topological polar surface area (TPSA) is 35.2 Å². The normalized spacial score (nSPS) is 13.0. The van der Waals surface area contributed by atoms with Gasteiger partial charge < -0.3 is 10.5 Å². The molecule has 2 nitrogen and oxygen atoms in total. The first kappa shape index (κ1) is 12.1. The lowest BCUT2D eigenvalue weighted by Gasteiger charge is -2.09. The van der Waals surface area contributed by atoms with E-state index in [0.29, 0.717) is 6.61 Å². The van der Waals surface area contributed by atoms with Gasteiger partial charge in [0, 0.05) is 11.6 Å². The molecule has 1 aromatic rings. The number of hydrogen-bond donors (Lipinski definition) is 1. The fraction of sp³-hybridized carbons (Fsp3) is 0.333. The zero-order chi connectivity index (χ0) is 11.1. The van der Waals surface area contributed by atoms with Crippen LogP contribution < -0.4 is 10.5 Å². The monoisotopic (exact) mass is 225 g/mol. The van der Waals surface area contributed by atoms with Crippen LogP contribution in [0.2, 0.25) is 0 Å². The van der Waals surface area contributed by atoms with Crippen LogP contribution in [0.5, 0.6) is 5.75 Å². The van der Waals surface area contributed by atoms with Crippen molar-refractivity contribution in [3.8, 4) is 5.75 Å². The summed E-state index contributed by atoms with van der Waals surface area (Å²) in [4.78, 5) is 0. The maximum absolute atomic E-state index is 5.90. The molecule has 0 saturated heterocycles. The van der Waals surface area contributed by atoms with Crippen LogP contribution in [-0.2, 0) is 0 Å². The average molecular weight is 226 g/mol. The van der Waals surface area contributed by atoms with Crippen LogP contribution in [0, 0.1) is 0 Å². The molecule has 0 aliphatic rings. The van der Waals surface area contributed by atoms with Crippen LogP contribution in [0.4, 0.5) is 0 Å². The van der Waals surface area contributed by atoms with Crippen molar-refractivity contribution in [2.45, 2.75) is 19.4 Å². The molecular formula is C12H16ClNO. The van der Waals surface area contributed by atoms with E-state index in [1.807, 2.05) is 24.3 Å². The van der Waals surface area contributed by atoms with E-state index >= 15 is 0 Å². The maximum atomic E-state index is 5.90. The van der Waals surface area contributed by atoms with Crippen molar-refractivity contribution in [2.75, 3.05) is 6.61 Å². The van der Waals surface area contributed by atoms with Crippen LogP contribution in [0.3, 0.4) is 0 Å². The number of ether oxygens (including phenoxy) is 1. The third-order valence-corrected chi connectivity index (χ3v) is 2.36. The molecule has 0 heterocycles. The summed E-state index contributed by atoms with van der Waals surface area (Å²) in [6.45, 7) is 2.56. The molecule has 15 heavy (non-hydrogen) atoms. The Kier molecular flexibility index (Phi) is 5.22. The summed E-state index contributed by atoms with van der Waals surface area (Å²) in [5.74, 6) is 0.830. The van der Waals surface area contributed by atoms with Gasteiger partial charge in [-0.25, -0.2) is 0 Å². The van der Waals surface area contributed by atoms with Crippen LogP contribution in [-0.4, -0.2) is 6.61 Å². The van der Waals surface area contributed by atoms with Crippen LogP contribution in [0.15, 0.2) is 35.9 Å². The summed E-state index contributed by atoms with van der Waals surface area (Å²) in [5, 5.41) is 0. The molecule has 1 atom stereocenters. The van der Waals surface area contributed by atoms with Crippen molar-refractivity contribution >= 4 is 11.6 Å². The Labute approximate surface area is 95.7 Å². The lowest BCUT2D eigenvalue weighted by atomic mass is 10.1. The highest BCUT2D eigenvalue weighted by atomic mass is 35.5. The Morgan fingerprint density at radius 2 is 2.07 bits per heavy atom. The van der Waals surface area contributed by atoms with Gasteiger partial charge >= 0.3 is 0 Å². The molecule has 0 spiro atoms. The lowest BCUT2D eigenvalue weighted by molar-refractivity contribution is 0.363. The second-order valence-electron chi connectivity index (χ2n) is 3.26. The van der Waals surface area contributed by atoms with E-state index in [1.54, 1.807) is 6.08 Å². The number of hydrogen-bond acceptors (Lipinski definition) is 2. The molecule has 3 heteroatoms. The minimum absolute atomic E-state index is 0.113. The van der Waals surface area contributed by atoms with Gasteiger partial charge in [-0.1, -0.05) is 30.7 Å². The highest BCUT2D eigenvalue weighted by molar-refractivity contribution is 6.25. The van der Waals surface area contributed by atoms with Gasteiger partial charge in [0.25, 0.3) is 0 Å². The highest BCUT2D eigenvalue weighted by Gasteiger charge is 2.02. The number of halogens is 1. The molecule has 0 aliphatic carbocycles. The van der Waals surface area contributed by atoms with Crippen molar-refractivity contribution < 1.29 is 4.74 Å². The van der Waals surface area contributed by atoms with Gasteiger partial charge in [-0.3, -0.25) is 0 Å². The smallest absolute Gasteiger partial charge is 0.119 e. The van der Waals surface area contributed by atoms with Crippen molar-refractivity contribution in [3.63, 3.8) is 0 Å². The van der Waals surface area contributed by atoms with Crippen molar-refractivity contribution in [2.24, 2.45) is 5.73 Å². The molecule has 0 unspecified atom stereocenters. The fourth-order valence-electron chi connectivity index (χ4n) is 1.23. The van der Waals surface area contributed by atoms with E-state index in [2.05, 4.69) is 6.92 Å². The lowest BCUT2D eigenvalue weighted by Crippen LogP contribution is -2.08. The zero-order valence-electron chi connectivity index (χ0n) is 8.82. The maximum Gasteiger partial charge on any atom is 0.119 e. The third-order valence-electron chi connectivity index (χ3n) is 2.18. The van der Waals surface area contributed by atoms with Gasteiger partial charge in [0.05, 0.1) is 0 Å². The van der Waals surface area contributed by atoms with Gasteiger partial charge in [-0.05, 0) is 30.2 Å². The molecule has 0 fully saturated rings. The second kappa shape index (κ2) is 6.49. The molecule has 0 saturated carbocycles. The first-order valence-electron chi connectivity index (χ1n) is 5.01. The third kappa shape index (κ3) is 3.94. The van der Waals surface area contributed by atoms with Gasteiger partial charge in [-0.2, -0.15) is 0 Å². The predicted molar refractivity (Wildman–Crippen MR) is 64.1 cm³/mol. The second-order valence-corrected chi connectivity index (χ2v) is 3.51. The Morgan fingerprint density at radius 1 is 1.40 bits per heavy atom. The predicted octanol–water partition coefficient (Wildman–Crippen LogP) is 3.23. The Balaban J connectivity index is 2.56. The summed E-state index contributed by atoms with van der Waals surface area (Å²) in [7, 11) is 0. The molecule has 82 valence electrons. The molecule has 0 radical (unpaired) electrons. The van der Waals surface area contributed by atoms with Crippen LogP contribution >= 0.6 is 11.6 Å². The quantitative estimate of drug-likeness (QED) is 0.835. The number of nitrogens with two attached hydrogens (primary N) is 1. The standard InChI is InChI=1S/C12H16ClNO/c1-2-12(14)10-4-6-11(7-5-10)15-9-3-8-13/h3-8,12H,2,9,14H2,1H3/t12-/m0/s1. The fourth-order valence-corrected chi connectivity index (χ4v) is 1.30. The van der Waals surface area contributed by atoms with Crippen LogP contribution in [0.25, 0.3) is 0 Å². The van der Waals surface area contributed by atoms with Gasteiger partial charge in [0.1, 0.15) is 12.4 Å². The SMILES string of the molecule is CC[C@H](N)c1ccc(OCC=CCl)cc1. The molecule has 2 N–H and O–H groups in total. The largest absolute Gasteiger partial charge is 0.490 e. The Hall–Kier alpha value is -0.990. The summed E-state index contributed by atoms with van der Waals surface area (Å²) in [6, 6.07) is 7.95. The van der Waals surface area contributed by atoms with E-state index in [0.717, 1.165) is 17.7 Å². The van der Waals surface area contributed by atoms with Gasteiger partial charge in [-0.15, -0.1) is 0 Å². The molecule has 0 aliphatic heterocycles. The molecule has 1 aromatic carbocycles. The van der Waals surface area contributed by atoms with Crippen LogP contribution in [0.1, 0.15) is 24.9 Å². The summed E-state index contributed by atoms with van der Waals surface area (Å²) in [5.41, 5.74) is 8.48. The highest BCUT2D eigenvalue weighted by Crippen LogP contribution is 2.18. The van der Waals surface area contributed by atoms with Gasteiger partial charge in [0.2, 0.25) is 0 Å². The molecule has 1 rings (SSSR count). The Morgan fingerprint density at radius 3 is 2.60 bits per heavy atom. The van der Waals surface area contributed by atoms with Gasteiger partial charge in [0.15, 0.2) is 0 Å². The van der Waals surface area contributed by atoms with E-state index in [9.17, 15) is 0 Å². The minimum atomic E-state index is 0.113. The zero-order valence-corrected chi connectivity index (χ0v) is 9.58. The van der Waals surface area contributed by atoms with Crippen molar-refractivity contribution in [1.82, 2.24) is 0 Å². The van der Waals surface area contributed by atoms with E-state index in [-0.39, 0.29) is 6.04 Å². The molecule has 0 amide bonds. The first-order chi connectivity index (χ1) is 7.27. The van der Waals surface area contributed by atoms with Crippen molar-refractivity contribution in [3.05, 3.63) is 41.4 Å². The number of rotatable bonds is 5. The summed E-state index contributed by atoms with van der Waals surface area (Å²) in [6.07, 6.45) is 2.68. The summed E-state index contributed by atoms with van der Waals surface area (Å²) >= 11 is 5.38. The van der Waals surface area contributed by atoms with E-state index in [1.165, 1.54) is 5.54 Å². The first-order valence-corrected chi connectivity index (χ1v) is 5.45. The molecule has 0 bridgehead atoms. The van der Waals surface area contributed by atoms with E-state index < -0.39 is 0 Å². The summed E-state index contributed by atoms with van der Waals surface area (Å²) < 4.78 is 5.40. The Bertz CT molecular complexity index is 308. The van der Waals surface area contributed by atoms with Crippen molar-refractivity contribution in [1.29, 1.82) is 0 Å².